The Bertz CT molecular complexity index is 662. The molecule has 1 fully saturated rings. The predicted octanol–water partition coefficient (Wildman–Crippen LogP) is 3.29. The zero-order valence-electron chi connectivity index (χ0n) is 16.2. The van der Waals surface area contributed by atoms with Crippen molar-refractivity contribution in [1.29, 1.82) is 0 Å². The van der Waals surface area contributed by atoms with E-state index in [1.165, 1.54) is 11.0 Å². The van der Waals surface area contributed by atoms with Crippen molar-refractivity contribution in [2.45, 2.75) is 25.9 Å². The summed E-state index contributed by atoms with van der Waals surface area (Å²) in [4.78, 5) is 7.61. The summed E-state index contributed by atoms with van der Waals surface area (Å²) >= 11 is 0. The molecule has 1 unspecified atom stereocenters. The van der Waals surface area contributed by atoms with Gasteiger partial charge in [-0.3, -0.25) is 9.89 Å². The van der Waals surface area contributed by atoms with Crippen molar-refractivity contribution in [3.05, 3.63) is 35.4 Å². The SMILES string of the molecule is CCN(CC1CCN(C(=NC)NCCc2cc(F)ccc2F)C1)CC(F)(F)F. The van der Waals surface area contributed by atoms with Crippen LogP contribution in [-0.2, 0) is 6.42 Å². The van der Waals surface area contributed by atoms with E-state index in [2.05, 4.69) is 10.3 Å². The molecule has 1 heterocycles. The minimum atomic E-state index is -4.20. The van der Waals surface area contributed by atoms with Crippen LogP contribution in [-0.4, -0.2) is 68.3 Å². The van der Waals surface area contributed by atoms with E-state index in [9.17, 15) is 22.0 Å². The summed E-state index contributed by atoms with van der Waals surface area (Å²) < 4.78 is 64.8. The molecule has 4 nitrogen and oxygen atoms in total. The molecular weight excluding hydrogens is 379 g/mol. The van der Waals surface area contributed by atoms with E-state index in [1.54, 1.807) is 14.0 Å². The maximum atomic E-state index is 13.7. The zero-order valence-corrected chi connectivity index (χ0v) is 16.2. The molecule has 1 saturated heterocycles. The number of rotatable bonds is 7. The second-order valence-electron chi connectivity index (χ2n) is 7.00. The van der Waals surface area contributed by atoms with E-state index in [0.717, 1.165) is 18.6 Å². The fourth-order valence-corrected chi connectivity index (χ4v) is 3.47. The van der Waals surface area contributed by atoms with Crippen LogP contribution in [0.5, 0.6) is 0 Å². The molecule has 0 aromatic heterocycles. The Hall–Kier alpha value is -1.90. The van der Waals surface area contributed by atoms with Crippen LogP contribution in [0.15, 0.2) is 23.2 Å². The Labute approximate surface area is 162 Å². The average molecular weight is 406 g/mol. The molecule has 0 amide bonds. The summed E-state index contributed by atoms with van der Waals surface area (Å²) in [7, 11) is 1.63. The molecule has 1 aliphatic heterocycles. The van der Waals surface area contributed by atoms with Crippen LogP contribution in [0.1, 0.15) is 18.9 Å². The third-order valence-electron chi connectivity index (χ3n) is 4.85. The third-order valence-corrected chi connectivity index (χ3v) is 4.85. The average Bonchev–Trinajstić information content (AvgIpc) is 3.08. The van der Waals surface area contributed by atoms with Gasteiger partial charge in [0.25, 0.3) is 0 Å². The largest absolute Gasteiger partial charge is 0.401 e. The number of likely N-dealkylation sites (tertiary alicyclic amines) is 1. The number of guanidine groups is 1. The van der Waals surface area contributed by atoms with Crippen LogP contribution in [0.4, 0.5) is 22.0 Å². The quantitative estimate of drug-likeness (QED) is 0.428. The highest BCUT2D eigenvalue weighted by Gasteiger charge is 2.32. The Morgan fingerprint density at radius 2 is 2.07 bits per heavy atom. The van der Waals surface area contributed by atoms with E-state index >= 15 is 0 Å². The Morgan fingerprint density at radius 3 is 2.71 bits per heavy atom. The molecule has 0 radical (unpaired) electrons. The van der Waals surface area contributed by atoms with Gasteiger partial charge in [0.15, 0.2) is 5.96 Å². The number of nitrogens with zero attached hydrogens (tertiary/aromatic N) is 3. The van der Waals surface area contributed by atoms with Crippen LogP contribution in [0.2, 0.25) is 0 Å². The van der Waals surface area contributed by atoms with E-state index in [1.807, 2.05) is 4.90 Å². The van der Waals surface area contributed by atoms with Gasteiger partial charge in [-0.25, -0.2) is 8.78 Å². The van der Waals surface area contributed by atoms with Crippen molar-refractivity contribution in [2.24, 2.45) is 10.9 Å². The van der Waals surface area contributed by atoms with Crippen molar-refractivity contribution in [1.82, 2.24) is 15.1 Å². The van der Waals surface area contributed by atoms with E-state index in [4.69, 9.17) is 0 Å². The molecule has 0 bridgehead atoms. The van der Waals surface area contributed by atoms with Crippen molar-refractivity contribution in [2.75, 3.05) is 46.3 Å². The summed E-state index contributed by atoms with van der Waals surface area (Å²) in [5.41, 5.74) is 0.285. The van der Waals surface area contributed by atoms with E-state index in [-0.39, 0.29) is 11.5 Å². The van der Waals surface area contributed by atoms with Crippen molar-refractivity contribution in [3.8, 4) is 0 Å². The van der Waals surface area contributed by atoms with Crippen LogP contribution < -0.4 is 5.32 Å². The van der Waals surface area contributed by atoms with Crippen LogP contribution in [0, 0.1) is 17.6 Å². The first-order chi connectivity index (χ1) is 13.2. The second-order valence-corrected chi connectivity index (χ2v) is 7.00. The number of aliphatic imine (C=N–C) groups is 1. The normalized spacial score (nSPS) is 18.2. The Morgan fingerprint density at radius 1 is 1.32 bits per heavy atom. The summed E-state index contributed by atoms with van der Waals surface area (Å²) in [6, 6.07) is 3.35. The summed E-state index contributed by atoms with van der Waals surface area (Å²) in [5.74, 6) is -0.189. The molecule has 1 aliphatic rings. The molecule has 9 heteroatoms. The highest BCUT2D eigenvalue weighted by molar-refractivity contribution is 5.80. The standard InChI is InChI=1S/C19H27F5N4/c1-3-27(13-19(22,23)24)11-14-7-9-28(12-14)18(25-2)26-8-6-15-10-16(20)4-5-17(15)21/h4-5,10,14H,3,6-9,11-13H2,1-2H3,(H,25,26). The van der Waals surface area contributed by atoms with Gasteiger partial charge in [-0.05, 0) is 49.1 Å². The van der Waals surface area contributed by atoms with Gasteiger partial charge < -0.3 is 10.2 Å². The minimum absolute atomic E-state index is 0.126. The first-order valence-corrected chi connectivity index (χ1v) is 9.40. The molecule has 2 rings (SSSR count). The third kappa shape index (κ3) is 6.92. The number of hydrogen-bond acceptors (Lipinski definition) is 2. The molecular formula is C19H27F5N4. The lowest BCUT2D eigenvalue weighted by Crippen LogP contribution is -2.42. The van der Waals surface area contributed by atoms with Crippen molar-refractivity contribution >= 4 is 5.96 Å². The first kappa shape index (κ1) is 22.4. The lowest BCUT2D eigenvalue weighted by atomic mass is 10.1. The summed E-state index contributed by atoms with van der Waals surface area (Å²) in [5, 5.41) is 3.13. The molecule has 158 valence electrons. The monoisotopic (exact) mass is 406 g/mol. The fraction of sp³-hybridized carbons (Fsp3) is 0.632. The fourth-order valence-electron chi connectivity index (χ4n) is 3.47. The Balaban J connectivity index is 1.82. The smallest absolute Gasteiger partial charge is 0.356 e. The molecule has 1 atom stereocenters. The maximum Gasteiger partial charge on any atom is 0.401 e. The van der Waals surface area contributed by atoms with Gasteiger partial charge >= 0.3 is 6.18 Å². The van der Waals surface area contributed by atoms with Gasteiger partial charge in [0.2, 0.25) is 0 Å². The summed E-state index contributed by atoms with van der Waals surface area (Å²) in [6.07, 6.45) is -3.11. The number of nitrogens with one attached hydrogen (secondary N) is 1. The van der Waals surface area contributed by atoms with Gasteiger partial charge in [0.05, 0.1) is 6.54 Å². The minimum Gasteiger partial charge on any atom is -0.356 e. The molecule has 0 saturated carbocycles. The van der Waals surface area contributed by atoms with Crippen LogP contribution in [0.25, 0.3) is 0 Å². The van der Waals surface area contributed by atoms with Gasteiger partial charge in [-0.15, -0.1) is 0 Å². The number of benzene rings is 1. The van der Waals surface area contributed by atoms with Crippen LogP contribution in [0.3, 0.4) is 0 Å². The molecule has 1 N–H and O–H groups in total. The van der Waals surface area contributed by atoms with E-state index in [0.29, 0.717) is 45.1 Å². The Kier molecular flexibility index (Phi) is 8.03. The highest BCUT2D eigenvalue weighted by Crippen LogP contribution is 2.21. The van der Waals surface area contributed by atoms with Crippen molar-refractivity contribution < 1.29 is 22.0 Å². The van der Waals surface area contributed by atoms with Gasteiger partial charge in [0.1, 0.15) is 11.6 Å². The first-order valence-electron chi connectivity index (χ1n) is 9.40. The second kappa shape index (κ2) is 10.0. The molecule has 28 heavy (non-hydrogen) atoms. The van der Waals surface area contributed by atoms with Gasteiger partial charge in [0, 0.05) is 33.2 Å². The maximum absolute atomic E-state index is 13.7. The number of hydrogen-bond donors (Lipinski definition) is 1. The highest BCUT2D eigenvalue weighted by atomic mass is 19.4. The molecule has 1 aromatic carbocycles. The number of halogens is 5. The van der Waals surface area contributed by atoms with Gasteiger partial charge in [-0.1, -0.05) is 6.92 Å². The zero-order chi connectivity index (χ0) is 20.7. The summed E-state index contributed by atoms with van der Waals surface area (Å²) in [6.45, 7) is 3.25. The lowest BCUT2D eigenvalue weighted by Gasteiger charge is -2.26. The number of alkyl halides is 3. The lowest BCUT2D eigenvalue weighted by molar-refractivity contribution is -0.146. The van der Waals surface area contributed by atoms with Crippen LogP contribution >= 0.6 is 0 Å². The predicted molar refractivity (Wildman–Crippen MR) is 99.3 cm³/mol. The molecule has 0 aliphatic carbocycles. The topological polar surface area (TPSA) is 30.9 Å². The molecule has 1 aromatic rings. The molecule has 0 spiro atoms. The van der Waals surface area contributed by atoms with Crippen molar-refractivity contribution in [3.63, 3.8) is 0 Å². The van der Waals surface area contributed by atoms with E-state index < -0.39 is 24.4 Å². The van der Waals surface area contributed by atoms with Gasteiger partial charge in [-0.2, -0.15) is 13.2 Å².